The molecule has 0 aromatic heterocycles. The molecule has 1 rings (SSSR count). The van der Waals surface area contributed by atoms with E-state index in [1.54, 1.807) is 0 Å². The first-order chi connectivity index (χ1) is 7.79. The highest BCUT2D eigenvalue weighted by Crippen LogP contribution is 2.28. The summed E-state index contributed by atoms with van der Waals surface area (Å²) in [7, 11) is 1.90. The van der Waals surface area contributed by atoms with Crippen LogP contribution in [0.4, 0.5) is 0 Å². The topological polar surface area (TPSA) is 21.3 Å². The molecular weight excluding hydrogens is 222 g/mol. The van der Waals surface area contributed by atoms with Gasteiger partial charge in [0.25, 0.3) is 0 Å². The largest absolute Gasteiger partial charge is 0.491 e. The van der Waals surface area contributed by atoms with Gasteiger partial charge in [-0.25, -0.2) is 0 Å². The van der Waals surface area contributed by atoms with Crippen molar-refractivity contribution in [3.05, 3.63) is 28.8 Å². The Labute approximate surface area is 102 Å². The quantitative estimate of drug-likeness (QED) is 0.628. The third-order valence-electron chi connectivity index (χ3n) is 2.07. The smallest absolute Gasteiger partial charge is 0.142 e. The van der Waals surface area contributed by atoms with Crippen molar-refractivity contribution in [2.75, 3.05) is 13.7 Å². The Kier molecular flexibility index (Phi) is 5.77. The fraction of sp³-hybridized carbons (Fsp3) is 0.385. The minimum Gasteiger partial charge on any atom is -0.491 e. The predicted octanol–water partition coefficient (Wildman–Crippen LogP) is 2.85. The summed E-state index contributed by atoms with van der Waals surface area (Å²) in [4.78, 5) is 0. The highest BCUT2D eigenvalue weighted by atomic mass is 35.5. The molecule has 0 amide bonds. The average molecular weight is 238 g/mol. The standard InChI is InChI=1S/C13H16ClNO/c1-3-4-5-9-16-13-11(10-15-2)7-6-8-12(13)14/h6-8,15H,5,9-10H2,1-2H3. The van der Waals surface area contributed by atoms with Crippen molar-refractivity contribution in [1.29, 1.82) is 0 Å². The van der Waals surface area contributed by atoms with Crippen LogP contribution in [0.25, 0.3) is 0 Å². The van der Waals surface area contributed by atoms with Crippen molar-refractivity contribution >= 4 is 11.6 Å². The number of halogens is 1. The maximum absolute atomic E-state index is 6.09. The van der Waals surface area contributed by atoms with E-state index < -0.39 is 0 Å². The zero-order valence-corrected chi connectivity index (χ0v) is 10.4. The van der Waals surface area contributed by atoms with Crippen molar-refractivity contribution in [1.82, 2.24) is 5.32 Å². The molecule has 0 saturated heterocycles. The Morgan fingerprint density at radius 2 is 2.25 bits per heavy atom. The van der Waals surface area contributed by atoms with E-state index >= 15 is 0 Å². The lowest BCUT2D eigenvalue weighted by Gasteiger charge is -2.11. The molecule has 0 aliphatic rings. The van der Waals surface area contributed by atoms with Gasteiger partial charge in [-0.1, -0.05) is 23.7 Å². The summed E-state index contributed by atoms with van der Waals surface area (Å²) in [6.07, 6.45) is 0.723. The van der Waals surface area contributed by atoms with Crippen molar-refractivity contribution in [3.8, 4) is 17.6 Å². The van der Waals surface area contributed by atoms with Crippen LogP contribution in [-0.2, 0) is 6.54 Å². The maximum atomic E-state index is 6.09. The number of hydrogen-bond acceptors (Lipinski definition) is 2. The second-order valence-electron chi connectivity index (χ2n) is 3.28. The Bertz CT molecular complexity index is 393. The van der Waals surface area contributed by atoms with E-state index in [9.17, 15) is 0 Å². The van der Waals surface area contributed by atoms with E-state index in [1.165, 1.54) is 0 Å². The number of nitrogens with one attached hydrogen (secondary N) is 1. The van der Waals surface area contributed by atoms with Crippen LogP contribution in [0.15, 0.2) is 18.2 Å². The number of hydrogen-bond donors (Lipinski definition) is 1. The Hall–Kier alpha value is -1.17. The molecule has 2 nitrogen and oxygen atoms in total. The highest BCUT2D eigenvalue weighted by molar-refractivity contribution is 6.32. The number of para-hydroxylation sites is 1. The Morgan fingerprint density at radius 1 is 1.44 bits per heavy atom. The molecule has 0 fully saturated rings. The Morgan fingerprint density at radius 3 is 2.94 bits per heavy atom. The van der Waals surface area contributed by atoms with Crippen LogP contribution in [0, 0.1) is 11.8 Å². The van der Waals surface area contributed by atoms with E-state index in [2.05, 4.69) is 17.2 Å². The summed E-state index contributed by atoms with van der Waals surface area (Å²) in [5, 5.41) is 3.74. The third-order valence-corrected chi connectivity index (χ3v) is 2.36. The summed E-state index contributed by atoms with van der Waals surface area (Å²) < 4.78 is 5.65. The van der Waals surface area contributed by atoms with Crippen LogP contribution in [0.5, 0.6) is 5.75 Å². The van der Waals surface area contributed by atoms with Crippen LogP contribution in [0.3, 0.4) is 0 Å². The van der Waals surface area contributed by atoms with Gasteiger partial charge in [-0.15, -0.1) is 11.8 Å². The molecule has 0 bridgehead atoms. The van der Waals surface area contributed by atoms with E-state index in [0.29, 0.717) is 11.6 Å². The zero-order chi connectivity index (χ0) is 11.8. The number of rotatable bonds is 5. The molecule has 0 spiro atoms. The van der Waals surface area contributed by atoms with Crippen LogP contribution in [0.2, 0.25) is 5.02 Å². The first-order valence-electron chi connectivity index (χ1n) is 5.24. The van der Waals surface area contributed by atoms with Crippen LogP contribution in [0.1, 0.15) is 18.9 Å². The van der Waals surface area contributed by atoms with E-state index in [0.717, 1.165) is 24.3 Å². The maximum Gasteiger partial charge on any atom is 0.142 e. The molecule has 0 aliphatic carbocycles. The first-order valence-corrected chi connectivity index (χ1v) is 5.61. The molecule has 16 heavy (non-hydrogen) atoms. The minimum atomic E-state index is 0.571. The summed E-state index contributed by atoms with van der Waals surface area (Å²) in [5.74, 6) is 6.55. The number of ether oxygens (including phenoxy) is 1. The van der Waals surface area contributed by atoms with Gasteiger partial charge in [0.1, 0.15) is 5.75 Å². The zero-order valence-electron chi connectivity index (χ0n) is 9.64. The SMILES string of the molecule is CC#CCCOc1c(Cl)cccc1CNC. The summed E-state index contributed by atoms with van der Waals surface area (Å²) >= 11 is 6.09. The van der Waals surface area contributed by atoms with Gasteiger partial charge in [-0.3, -0.25) is 0 Å². The second kappa shape index (κ2) is 7.16. The molecule has 0 saturated carbocycles. The van der Waals surface area contributed by atoms with E-state index in [4.69, 9.17) is 16.3 Å². The molecule has 86 valence electrons. The second-order valence-corrected chi connectivity index (χ2v) is 3.69. The third kappa shape index (κ3) is 3.77. The van der Waals surface area contributed by atoms with Gasteiger partial charge in [0, 0.05) is 18.5 Å². The highest BCUT2D eigenvalue weighted by Gasteiger charge is 2.06. The summed E-state index contributed by atoms with van der Waals surface area (Å²) in [5.41, 5.74) is 1.07. The van der Waals surface area contributed by atoms with Crippen LogP contribution in [-0.4, -0.2) is 13.7 Å². The predicted molar refractivity (Wildman–Crippen MR) is 67.8 cm³/mol. The van der Waals surface area contributed by atoms with Crippen molar-refractivity contribution in [2.24, 2.45) is 0 Å². The fourth-order valence-corrected chi connectivity index (χ4v) is 1.62. The van der Waals surface area contributed by atoms with Gasteiger partial charge < -0.3 is 10.1 Å². The molecule has 1 aromatic carbocycles. The number of benzene rings is 1. The van der Waals surface area contributed by atoms with Crippen LogP contribution < -0.4 is 10.1 Å². The lowest BCUT2D eigenvalue weighted by Crippen LogP contribution is -2.08. The lowest BCUT2D eigenvalue weighted by molar-refractivity contribution is 0.323. The Balaban J connectivity index is 2.70. The molecular formula is C13H16ClNO. The van der Waals surface area contributed by atoms with Crippen molar-refractivity contribution in [3.63, 3.8) is 0 Å². The normalized spacial score (nSPS) is 9.44. The van der Waals surface area contributed by atoms with Crippen LogP contribution >= 0.6 is 11.6 Å². The first kappa shape index (κ1) is 12.9. The van der Waals surface area contributed by atoms with Gasteiger partial charge >= 0.3 is 0 Å². The van der Waals surface area contributed by atoms with Gasteiger partial charge in [-0.2, -0.15) is 0 Å². The molecule has 1 N–H and O–H groups in total. The summed E-state index contributed by atoms with van der Waals surface area (Å²) in [6, 6.07) is 5.76. The molecule has 1 aromatic rings. The van der Waals surface area contributed by atoms with Gasteiger partial charge in [0.15, 0.2) is 0 Å². The van der Waals surface area contributed by atoms with Crippen molar-refractivity contribution in [2.45, 2.75) is 19.9 Å². The van der Waals surface area contributed by atoms with Gasteiger partial charge in [0.2, 0.25) is 0 Å². The molecule has 0 unspecified atom stereocenters. The van der Waals surface area contributed by atoms with Gasteiger partial charge in [-0.05, 0) is 20.0 Å². The molecule has 0 aliphatic heterocycles. The van der Waals surface area contributed by atoms with E-state index in [-0.39, 0.29) is 0 Å². The fourth-order valence-electron chi connectivity index (χ4n) is 1.37. The summed E-state index contributed by atoms with van der Waals surface area (Å²) in [6.45, 7) is 3.14. The minimum absolute atomic E-state index is 0.571. The molecule has 0 heterocycles. The molecule has 0 atom stereocenters. The van der Waals surface area contributed by atoms with E-state index in [1.807, 2.05) is 32.2 Å². The molecule has 3 heteroatoms. The monoisotopic (exact) mass is 237 g/mol. The van der Waals surface area contributed by atoms with Crippen molar-refractivity contribution < 1.29 is 4.74 Å². The van der Waals surface area contributed by atoms with Gasteiger partial charge in [0.05, 0.1) is 11.6 Å². The lowest BCUT2D eigenvalue weighted by atomic mass is 10.2. The average Bonchev–Trinajstić information content (AvgIpc) is 2.28. The molecule has 0 radical (unpaired) electrons.